The number of thiophene rings is 1. The largest absolute Gasteiger partial charge is 0.335 e. The minimum atomic E-state index is -3.14. The van der Waals surface area contributed by atoms with Gasteiger partial charge in [-0.05, 0) is 23.9 Å². The molecule has 0 N–H and O–H groups in total. The maximum absolute atomic E-state index is 12.2. The van der Waals surface area contributed by atoms with Gasteiger partial charge in [-0.2, -0.15) is 4.31 Å². The Labute approximate surface area is 111 Å². The monoisotopic (exact) mass is 288 g/mol. The maximum atomic E-state index is 12.2. The Bertz CT molecular complexity index is 542. The lowest BCUT2D eigenvalue weighted by atomic mass is 10.2. The van der Waals surface area contributed by atoms with Gasteiger partial charge in [0, 0.05) is 26.2 Å². The summed E-state index contributed by atoms with van der Waals surface area (Å²) in [4.78, 5) is 14.7. The fraction of sp³-hybridized carbons (Fsp3) is 0.545. The number of sulfonamides is 1. The van der Waals surface area contributed by atoms with Crippen LogP contribution in [0.2, 0.25) is 0 Å². The molecule has 1 aliphatic rings. The Morgan fingerprint density at radius 3 is 2.33 bits per heavy atom. The van der Waals surface area contributed by atoms with Crippen molar-refractivity contribution < 1.29 is 13.2 Å². The highest BCUT2D eigenvalue weighted by Gasteiger charge is 2.27. The summed E-state index contributed by atoms with van der Waals surface area (Å²) in [5, 5.41) is 1.90. The standard InChI is InChI=1S/C11H16N2O3S2/c1-9-3-8-17-10(9)11(14)12-4-6-13(7-5-12)18(2,15)16/h3,8H,4-7H2,1-2H3. The van der Waals surface area contributed by atoms with Crippen molar-refractivity contribution >= 4 is 27.3 Å². The summed E-state index contributed by atoms with van der Waals surface area (Å²) < 4.78 is 24.2. The summed E-state index contributed by atoms with van der Waals surface area (Å²) in [5.74, 6) is 0.00986. The fourth-order valence-electron chi connectivity index (χ4n) is 1.96. The van der Waals surface area contributed by atoms with Crippen LogP contribution in [-0.4, -0.2) is 56.0 Å². The van der Waals surface area contributed by atoms with Gasteiger partial charge in [-0.1, -0.05) is 0 Å². The molecule has 0 radical (unpaired) electrons. The zero-order chi connectivity index (χ0) is 13.3. The minimum absolute atomic E-state index is 0.00986. The fourth-order valence-corrected chi connectivity index (χ4v) is 3.68. The van der Waals surface area contributed by atoms with E-state index >= 15 is 0 Å². The zero-order valence-electron chi connectivity index (χ0n) is 10.4. The molecule has 100 valence electrons. The Balaban J connectivity index is 2.03. The highest BCUT2D eigenvalue weighted by Crippen LogP contribution is 2.19. The second kappa shape index (κ2) is 4.99. The molecular formula is C11H16N2O3S2. The molecule has 0 atom stereocenters. The minimum Gasteiger partial charge on any atom is -0.335 e. The van der Waals surface area contributed by atoms with Gasteiger partial charge in [0.25, 0.3) is 5.91 Å². The van der Waals surface area contributed by atoms with Crippen molar-refractivity contribution in [2.75, 3.05) is 32.4 Å². The van der Waals surface area contributed by atoms with Crippen LogP contribution in [0.15, 0.2) is 11.4 Å². The van der Waals surface area contributed by atoms with Crippen LogP contribution in [0.1, 0.15) is 15.2 Å². The molecule has 1 aromatic rings. The Morgan fingerprint density at radius 2 is 1.89 bits per heavy atom. The number of carbonyl (C=O) groups excluding carboxylic acids is 1. The number of rotatable bonds is 2. The van der Waals surface area contributed by atoms with Gasteiger partial charge in [-0.3, -0.25) is 4.79 Å². The van der Waals surface area contributed by atoms with Gasteiger partial charge in [-0.15, -0.1) is 11.3 Å². The number of aryl methyl sites for hydroxylation is 1. The number of hydrogen-bond acceptors (Lipinski definition) is 4. The van der Waals surface area contributed by atoms with E-state index in [-0.39, 0.29) is 5.91 Å². The summed E-state index contributed by atoms with van der Waals surface area (Å²) in [5.41, 5.74) is 0.982. The normalized spacial score (nSPS) is 18.0. The molecular weight excluding hydrogens is 272 g/mol. The van der Waals surface area contributed by atoms with Crippen LogP contribution in [0.25, 0.3) is 0 Å². The molecule has 1 saturated heterocycles. The molecule has 2 heterocycles. The van der Waals surface area contributed by atoms with Crippen LogP contribution in [0, 0.1) is 6.92 Å². The smallest absolute Gasteiger partial charge is 0.264 e. The maximum Gasteiger partial charge on any atom is 0.264 e. The van der Waals surface area contributed by atoms with Crippen molar-refractivity contribution in [3.8, 4) is 0 Å². The highest BCUT2D eigenvalue weighted by atomic mass is 32.2. The molecule has 0 bridgehead atoms. The molecule has 2 rings (SSSR count). The molecule has 0 aliphatic carbocycles. The number of hydrogen-bond donors (Lipinski definition) is 0. The second-order valence-electron chi connectivity index (χ2n) is 4.39. The van der Waals surface area contributed by atoms with Gasteiger partial charge in [0.2, 0.25) is 10.0 Å². The first-order valence-electron chi connectivity index (χ1n) is 5.68. The van der Waals surface area contributed by atoms with Crippen LogP contribution >= 0.6 is 11.3 Å². The molecule has 1 amide bonds. The third-order valence-electron chi connectivity index (χ3n) is 3.05. The summed E-state index contributed by atoms with van der Waals surface area (Å²) in [6.07, 6.45) is 1.20. The third-order valence-corrected chi connectivity index (χ3v) is 5.36. The summed E-state index contributed by atoms with van der Waals surface area (Å²) in [6, 6.07) is 1.92. The van der Waals surface area contributed by atoms with Gasteiger partial charge in [0.05, 0.1) is 11.1 Å². The number of amides is 1. The van der Waals surface area contributed by atoms with E-state index in [2.05, 4.69) is 0 Å². The van der Waals surface area contributed by atoms with E-state index in [1.165, 1.54) is 21.9 Å². The molecule has 1 aromatic heterocycles. The quantitative estimate of drug-likeness (QED) is 0.808. The lowest BCUT2D eigenvalue weighted by Crippen LogP contribution is -2.50. The summed E-state index contributed by atoms with van der Waals surface area (Å²) >= 11 is 1.43. The van der Waals surface area contributed by atoms with Gasteiger partial charge < -0.3 is 4.90 Å². The molecule has 1 aliphatic heterocycles. The van der Waals surface area contributed by atoms with E-state index in [1.807, 2.05) is 18.4 Å². The van der Waals surface area contributed by atoms with Gasteiger partial charge >= 0.3 is 0 Å². The van der Waals surface area contributed by atoms with Crippen LogP contribution < -0.4 is 0 Å². The number of nitrogens with zero attached hydrogens (tertiary/aromatic N) is 2. The van der Waals surface area contributed by atoms with Crippen LogP contribution in [0.5, 0.6) is 0 Å². The second-order valence-corrected chi connectivity index (χ2v) is 7.29. The predicted octanol–water partition coefficient (Wildman–Crippen LogP) is 0.774. The average molecular weight is 288 g/mol. The van der Waals surface area contributed by atoms with E-state index in [0.29, 0.717) is 26.2 Å². The van der Waals surface area contributed by atoms with Crippen LogP contribution in [0.4, 0.5) is 0 Å². The first-order valence-corrected chi connectivity index (χ1v) is 8.41. The molecule has 0 spiro atoms. The van der Waals surface area contributed by atoms with Gasteiger partial charge in [-0.25, -0.2) is 8.42 Å². The summed E-state index contributed by atoms with van der Waals surface area (Å²) in [7, 11) is -3.14. The molecule has 0 unspecified atom stereocenters. The predicted molar refractivity (Wildman–Crippen MR) is 71.4 cm³/mol. The van der Waals surface area contributed by atoms with Crippen molar-refractivity contribution in [3.63, 3.8) is 0 Å². The van der Waals surface area contributed by atoms with Crippen molar-refractivity contribution in [1.82, 2.24) is 9.21 Å². The van der Waals surface area contributed by atoms with Crippen LogP contribution in [0.3, 0.4) is 0 Å². The Hall–Kier alpha value is -0.920. The molecule has 0 saturated carbocycles. The first-order chi connectivity index (χ1) is 8.39. The lowest BCUT2D eigenvalue weighted by molar-refractivity contribution is 0.0702. The van der Waals surface area contributed by atoms with Gasteiger partial charge in [0.15, 0.2) is 0 Å². The highest BCUT2D eigenvalue weighted by molar-refractivity contribution is 7.88. The third kappa shape index (κ3) is 2.73. The lowest BCUT2D eigenvalue weighted by Gasteiger charge is -2.33. The topological polar surface area (TPSA) is 57.7 Å². The Morgan fingerprint density at radius 1 is 1.28 bits per heavy atom. The van der Waals surface area contributed by atoms with Crippen LogP contribution in [-0.2, 0) is 10.0 Å². The first kappa shape index (κ1) is 13.5. The Kier molecular flexibility index (Phi) is 3.74. The van der Waals surface area contributed by atoms with Crippen molar-refractivity contribution in [2.24, 2.45) is 0 Å². The van der Waals surface area contributed by atoms with E-state index in [0.717, 1.165) is 10.4 Å². The molecule has 7 heteroatoms. The van der Waals surface area contributed by atoms with E-state index in [1.54, 1.807) is 4.90 Å². The van der Waals surface area contributed by atoms with E-state index < -0.39 is 10.0 Å². The van der Waals surface area contributed by atoms with E-state index in [4.69, 9.17) is 0 Å². The molecule has 18 heavy (non-hydrogen) atoms. The summed E-state index contributed by atoms with van der Waals surface area (Å²) in [6.45, 7) is 3.60. The van der Waals surface area contributed by atoms with Crippen molar-refractivity contribution in [2.45, 2.75) is 6.92 Å². The number of piperazine rings is 1. The van der Waals surface area contributed by atoms with Crippen molar-refractivity contribution in [3.05, 3.63) is 21.9 Å². The molecule has 1 fully saturated rings. The average Bonchev–Trinajstić information content (AvgIpc) is 2.73. The van der Waals surface area contributed by atoms with Gasteiger partial charge in [0.1, 0.15) is 0 Å². The molecule has 5 nitrogen and oxygen atoms in total. The zero-order valence-corrected chi connectivity index (χ0v) is 12.1. The number of carbonyl (C=O) groups is 1. The molecule has 0 aromatic carbocycles. The van der Waals surface area contributed by atoms with Crippen molar-refractivity contribution in [1.29, 1.82) is 0 Å². The SMILES string of the molecule is Cc1ccsc1C(=O)N1CCN(S(C)(=O)=O)CC1. The van der Waals surface area contributed by atoms with E-state index in [9.17, 15) is 13.2 Å².